The van der Waals surface area contributed by atoms with Crippen LogP contribution in [0.15, 0.2) is 54.9 Å². The SMILES string of the molecule is Cc1ccccc1N1CCNCC1.c1ccncc1. The molecular formula is C16H21N3. The predicted molar refractivity (Wildman–Crippen MR) is 80.5 cm³/mol. The number of aryl methyl sites for hydroxylation is 1. The Labute approximate surface area is 115 Å². The Hall–Kier alpha value is -1.87. The number of pyridine rings is 1. The molecule has 1 fully saturated rings. The molecule has 0 saturated carbocycles. The van der Waals surface area contributed by atoms with Crippen LogP contribution in [0.5, 0.6) is 0 Å². The molecule has 2 aromatic rings. The topological polar surface area (TPSA) is 28.2 Å². The molecule has 19 heavy (non-hydrogen) atoms. The van der Waals surface area contributed by atoms with Crippen molar-refractivity contribution < 1.29 is 0 Å². The molecule has 0 amide bonds. The average molecular weight is 255 g/mol. The molecule has 0 atom stereocenters. The fourth-order valence-corrected chi connectivity index (χ4v) is 2.14. The summed E-state index contributed by atoms with van der Waals surface area (Å²) in [5.74, 6) is 0. The minimum Gasteiger partial charge on any atom is -0.369 e. The smallest absolute Gasteiger partial charge is 0.0396 e. The first-order valence-electron chi connectivity index (χ1n) is 6.74. The molecule has 3 rings (SSSR count). The zero-order valence-electron chi connectivity index (χ0n) is 11.4. The van der Waals surface area contributed by atoms with Crippen LogP contribution in [0.3, 0.4) is 0 Å². The van der Waals surface area contributed by atoms with Gasteiger partial charge in [0.2, 0.25) is 0 Å². The Morgan fingerprint density at radius 2 is 1.63 bits per heavy atom. The lowest BCUT2D eigenvalue weighted by atomic mass is 10.1. The summed E-state index contributed by atoms with van der Waals surface area (Å²) >= 11 is 0. The standard InChI is InChI=1S/C11H16N2.C5H5N/c1-10-4-2-3-5-11(10)13-8-6-12-7-9-13;1-2-4-6-5-3-1/h2-5,12H,6-9H2,1H3;1-5H. The van der Waals surface area contributed by atoms with Crippen LogP contribution >= 0.6 is 0 Å². The van der Waals surface area contributed by atoms with E-state index in [1.54, 1.807) is 12.4 Å². The van der Waals surface area contributed by atoms with Gasteiger partial charge in [-0.2, -0.15) is 0 Å². The number of hydrogen-bond donors (Lipinski definition) is 1. The van der Waals surface area contributed by atoms with E-state index in [4.69, 9.17) is 0 Å². The summed E-state index contributed by atoms with van der Waals surface area (Å²) in [5.41, 5.74) is 2.77. The number of rotatable bonds is 1. The van der Waals surface area contributed by atoms with Gasteiger partial charge in [-0.25, -0.2) is 0 Å². The van der Waals surface area contributed by atoms with Crippen molar-refractivity contribution in [3.63, 3.8) is 0 Å². The summed E-state index contributed by atoms with van der Waals surface area (Å²) < 4.78 is 0. The normalized spacial score (nSPS) is 14.5. The average Bonchev–Trinajstić information content (AvgIpc) is 2.51. The van der Waals surface area contributed by atoms with Crippen LogP contribution in [0.25, 0.3) is 0 Å². The van der Waals surface area contributed by atoms with E-state index in [2.05, 4.69) is 46.4 Å². The second kappa shape index (κ2) is 7.54. The first-order valence-corrected chi connectivity index (χ1v) is 6.74. The van der Waals surface area contributed by atoms with Crippen LogP contribution in [0.4, 0.5) is 5.69 Å². The highest BCUT2D eigenvalue weighted by molar-refractivity contribution is 5.53. The minimum atomic E-state index is 1.11. The molecule has 100 valence electrons. The van der Waals surface area contributed by atoms with Gasteiger partial charge < -0.3 is 10.2 Å². The maximum atomic E-state index is 3.78. The number of nitrogens with one attached hydrogen (secondary N) is 1. The van der Waals surface area contributed by atoms with Crippen molar-refractivity contribution in [1.29, 1.82) is 0 Å². The molecule has 3 nitrogen and oxygen atoms in total. The van der Waals surface area contributed by atoms with E-state index in [1.165, 1.54) is 11.3 Å². The number of benzene rings is 1. The van der Waals surface area contributed by atoms with E-state index in [1.807, 2.05) is 18.2 Å². The Bertz CT molecular complexity index is 438. The van der Waals surface area contributed by atoms with Gasteiger partial charge in [-0.15, -0.1) is 0 Å². The Balaban J connectivity index is 0.000000186. The molecule has 0 bridgehead atoms. The molecule has 3 heteroatoms. The summed E-state index contributed by atoms with van der Waals surface area (Å²) in [6, 6.07) is 14.3. The van der Waals surface area contributed by atoms with Crippen molar-refractivity contribution in [3.05, 3.63) is 60.4 Å². The van der Waals surface area contributed by atoms with E-state index in [0.29, 0.717) is 0 Å². The number of nitrogens with zero attached hydrogens (tertiary/aromatic N) is 2. The molecule has 0 radical (unpaired) electrons. The maximum absolute atomic E-state index is 3.78. The van der Waals surface area contributed by atoms with Crippen LogP contribution in [0.2, 0.25) is 0 Å². The number of piperazine rings is 1. The Morgan fingerprint density at radius 3 is 2.16 bits per heavy atom. The molecule has 1 aromatic heterocycles. The van der Waals surface area contributed by atoms with E-state index in [0.717, 1.165) is 26.2 Å². The molecule has 0 unspecified atom stereocenters. The van der Waals surface area contributed by atoms with Crippen molar-refractivity contribution in [2.75, 3.05) is 31.1 Å². The minimum absolute atomic E-state index is 1.11. The number of hydrogen-bond acceptors (Lipinski definition) is 3. The summed E-state index contributed by atoms with van der Waals surface area (Å²) in [6.45, 7) is 6.65. The van der Waals surface area contributed by atoms with Gasteiger partial charge in [-0.05, 0) is 30.7 Å². The van der Waals surface area contributed by atoms with Gasteiger partial charge in [0.15, 0.2) is 0 Å². The van der Waals surface area contributed by atoms with E-state index in [-0.39, 0.29) is 0 Å². The molecule has 1 aliphatic rings. The largest absolute Gasteiger partial charge is 0.369 e. The van der Waals surface area contributed by atoms with Crippen LogP contribution in [0, 0.1) is 6.92 Å². The molecule has 2 heterocycles. The van der Waals surface area contributed by atoms with Crippen molar-refractivity contribution in [3.8, 4) is 0 Å². The third-order valence-corrected chi connectivity index (χ3v) is 3.14. The molecule has 1 saturated heterocycles. The van der Waals surface area contributed by atoms with Gasteiger partial charge in [0.1, 0.15) is 0 Å². The third-order valence-electron chi connectivity index (χ3n) is 3.14. The predicted octanol–water partition coefficient (Wildman–Crippen LogP) is 2.49. The highest BCUT2D eigenvalue weighted by Crippen LogP contribution is 2.19. The summed E-state index contributed by atoms with van der Waals surface area (Å²) in [4.78, 5) is 6.23. The molecule has 0 aliphatic carbocycles. The number of para-hydroxylation sites is 1. The zero-order valence-corrected chi connectivity index (χ0v) is 11.4. The van der Waals surface area contributed by atoms with Gasteiger partial charge in [0, 0.05) is 44.3 Å². The van der Waals surface area contributed by atoms with Crippen molar-refractivity contribution in [2.45, 2.75) is 6.92 Å². The van der Waals surface area contributed by atoms with Crippen LogP contribution in [-0.2, 0) is 0 Å². The third kappa shape index (κ3) is 4.38. The lowest BCUT2D eigenvalue weighted by Gasteiger charge is -2.30. The van der Waals surface area contributed by atoms with Crippen molar-refractivity contribution >= 4 is 5.69 Å². The monoisotopic (exact) mass is 255 g/mol. The molecule has 1 aromatic carbocycles. The van der Waals surface area contributed by atoms with E-state index >= 15 is 0 Å². The van der Waals surface area contributed by atoms with Crippen molar-refractivity contribution in [2.24, 2.45) is 0 Å². The maximum Gasteiger partial charge on any atom is 0.0396 e. The highest BCUT2D eigenvalue weighted by atomic mass is 15.2. The second-order valence-corrected chi connectivity index (χ2v) is 4.55. The molecular weight excluding hydrogens is 234 g/mol. The molecule has 1 aliphatic heterocycles. The van der Waals surface area contributed by atoms with Crippen LogP contribution in [-0.4, -0.2) is 31.2 Å². The highest BCUT2D eigenvalue weighted by Gasteiger charge is 2.10. The van der Waals surface area contributed by atoms with Gasteiger partial charge in [0.25, 0.3) is 0 Å². The quantitative estimate of drug-likeness (QED) is 0.848. The Kier molecular flexibility index (Phi) is 5.38. The van der Waals surface area contributed by atoms with Gasteiger partial charge in [0.05, 0.1) is 0 Å². The van der Waals surface area contributed by atoms with E-state index in [9.17, 15) is 0 Å². The number of anilines is 1. The lowest BCUT2D eigenvalue weighted by molar-refractivity contribution is 0.588. The van der Waals surface area contributed by atoms with Crippen LogP contribution < -0.4 is 10.2 Å². The van der Waals surface area contributed by atoms with Gasteiger partial charge in [-0.1, -0.05) is 24.3 Å². The fourth-order valence-electron chi connectivity index (χ4n) is 2.14. The summed E-state index contributed by atoms with van der Waals surface area (Å²) in [5, 5.41) is 3.36. The van der Waals surface area contributed by atoms with Gasteiger partial charge >= 0.3 is 0 Å². The first-order chi connectivity index (χ1) is 9.38. The van der Waals surface area contributed by atoms with Crippen LogP contribution in [0.1, 0.15) is 5.56 Å². The number of aromatic nitrogens is 1. The summed E-state index contributed by atoms with van der Waals surface area (Å²) in [7, 11) is 0. The van der Waals surface area contributed by atoms with Gasteiger partial charge in [-0.3, -0.25) is 4.98 Å². The first kappa shape index (κ1) is 13.6. The molecule has 1 N–H and O–H groups in total. The fraction of sp³-hybridized carbons (Fsp3) is 0.312. The second-order valence-electron chi connectivity index (χ2n) is 4.55. The Morgan fingerprint density at radius 1 is 0.947 bits per heavy atom. The lowest BCUT2D eigenvalue weighted by Crippen LogP contribution is -2.43. The molecule has 0 spiro atoms. The van der Waals surface area contributed by atoms with Crippen molar-refractivity contribution in [1.82, 2.24) is 10.3 Å². The van der Waals surface area contributed by atoms with E-state index < -0.39 is 0 Å². The zero-order chi connectivity index (χ0) is 13.3. The summed E-state index contributed by atoms with van der Waals surface area (Å²) in [6.07, 6.45) is 3.50.